The van der Waals surface area contributed by atoms with Gasteiger partial charge >= 0.3 is 0 Å². The average Bonchev–Trinajstić information content (AvgIpc) is 2.48. The summed E-state index contributed by atoms with van der Waals surface area (Å²) in [6.07, 6.45) is 0. The van der Waals surface area contributed by atoms with Crippen LogP contribution in [0.2, 0.25) is 10.2 Å². The maximum Gasteiger partial charge on any atom is 0.134 e. The minimum absolute atomic E-state index is 0.492. The topological polar surface area (TPSA) is 12.9 Å². The van der Waals surface area contributed by atoms with Gasteiger partial charge in [0.25, 0.3) is 0 Å². The van der Waals surface area contributed by atoms with Crippen molar-refractivity contribution in [1.82, 2.24) is 4.98 Å². The number of rotatable bonds is 0. The molecule has 0 bridgehead atoms. The number of hydrogen-bond donors (Lipinski definition) is 0. The Hall–Kier alpha value is -0.310. The molecule has 2 aromatic heterocycles. The number of fused-ring (bicyclic) bond motifs is 1. The van der Waals surface area contributed by atoms with E-state index in [0.29, 0.717) is 5.15 Å². The SMILES string of the molecule is Cc1c(Cl)nc2ccsc2c1Cl. The summed E-state index contributed by atoms with van der Waals surface area (Å²) < 4.78 is 1.01. The fraction of sp³-hybridized carbons (Fsp3) is 0.125. The molecule has 0 aromatic carbocycles. The zero-order valence-electron chi connectivity index (χ0n) is 6.27. The molecule has 62 valence electrons. The Labute approximate surface area is 83.9 Å². The lowest BCUT2D eigenvalue weighted by atomic mass is 10.3. The van der Waals surface area contributed by atoms with Crippen molar-refractivity contribution in [2.24, 2.45) is 0 Å². The van der Waals surface area contributed by atoms with Crippen molar-refractivity contribution in [3.8, 4) is 0 Å². The highest BCUT2D eigenvalue weighted by Crippen LogP contribution is 2.33. The van der Waals surface area contributed by atoms with E-state index < -0.39 is 0 Å². The summed E-state index contributed by atoms with van der Waals surface area (Å²) >= 11 is 13.5. The molecule has 2 heterocycles. The predicted octanol–water partition coefficient (Wildman–Crippen LogP) is 3.91. The average molecular weight is 218 g/mol. The lowest BCUT2D eigenvalue weighted by Crippen LogP contribution is -1.82. The van der Waals surface area contributed by atoms with Crippen LogP contribution in [0.25, 0.3) is 10.2 Å². The lowest BCUT2D eigenvalue weighted by Gasteiger charge is -2.00. The molecule has 0 amide bonds. The van der Waals surface area contributed by atoms with Gasteiger partial charge in [-0.1, -0.05) is 23.2 Å². The number of hydrogen-bond acceptors (Lipinski definition) is 2. The Morgan fingerprint density at radius 1 is 1.42 bits per heavy atom. The Morgan fingerprint density at radius 2 is 2.17 bits per heavy atom. The fourth-order valence-electron chi connectivity index (χ4n) is 1.01. The minimum atomic E-state index is 0.492. The molecular formula is C8H5Cl2NS. The van der Waals surface area contributed by atoms with Crippen molar-refractivity contribution >= 4 is 44.8 Å². The Bertz CT molecular complexity index is 436. The van der Waals surface area contributed by atoms with Crippen LogP contribution >= 0.6 is 34.5 Å². The molecule has 0 radical (unpaired) electrons. The van der Waals surface area contributed by atoms with Crippen molar-refractivity contribution < 1.29 is 0 Å². The van der Waals surface area contributed by atoms with E-state index in [4.69, 9.17) is 23.2 Å². The Morgan fingerprint density at radius 3 is 2.92 bits per heavy atom. The molecule has 0 aliphatic carbocycles. The molecule has 0 aliphatic rings. The summed E-state index contributed by atoms with van der Waals surface area (Å²) in [5.41, 5.74) is 1.73. The van der Waals surface area contributed by atoms with Crippen molar-refractivity contribution in [3.05, 3.63) is 27.2 Å². The number of halogens is 2. The van der Waals surface area contributed by atoms with Crippen LogP contribution in [0.15, 0.2) is 11.4 Å². The third-order valence-corrected chi connectivity index (χ3v) is 3.57. The van der Waals surface area contributed by atoms with E-state index in [2.05, 4.69) is 4.98 Å². The molecule has 0 atom stereocenters. The van der Waals surface area contributed by atoms with Crippen LogP contribution in [0.5, 0.6) is 0 Å². The van der Waals surface area contributed by atoms with E-state index in [1.165, 1.54) is 0 Å². The summed E-state index contributed by atoms with van der Waals surface area (Å²) in [6, 6.07) is 1.91. The molecule has 0 aliphatic heterocycles. The van der Waals surface area contributed by atoms with Gasteiger partial charge in [-0.05, 0) is 18.4 Å². The van der Waals surface area contributed by atoms with E-state index in [-0.39, 0.29) is 0 Å². The third kappa shape index (κ3) is 1.11. The van der Waals surface area contributed by atoms with Crippen LogP contribution in [-0.2, 0) is 0 Å². The van der Waals surface area contributed by atoms with E-state index in [1.807, 2.05) is 18.4 Å². The zero-order chi connectivity index (χ0) is 8.72. The molecule has 0 fully saturated rings. The first-order chi connectivity index (χ1) is 5.70. The van der Waals surface area contributed by atoms with Gasteiger partial charge in [0, 0.05) is 5.56 Å². The van der Waals surface area contributed by atoms with Crippen LogP contribution in [0.4, 0.5) is 0 Å². The third-order valence-electron chi connectivity index (χ3n) is 1.70. The molecule has 0 unspecified atom stereocenters. The quantitative estimate of drug-likeness (QED) is 0.611. The van der Waals surface area contributed by atoms with Gasteiger partial charge in [0.05, 0.1) is 15.2 Å². The monoisotopic (exact) mass is 217 g/mol. The fourth-order valence-corrected chi connectivity index (χ4v) is 2.38. The van der Waals surface area contributed by atoms with Crippen molar-refractivity contribution in [1.29, 1.82) is 0 Å². The second kappa shape index (κ2) is 2.87. The highest BCUT2D eigenvalue weighted by Gasteiger charge is 2.08. The van der Waals surface area contributed by atoms with Crippen LogP contribution < -0.4 is 0 Å². The molecule has 12 heavy (non-hydrogen) atoms. The first-order valence-electron chi connectivity index (χ1n) is 3.39. The normalized spacial score (nSPS) is 10.9. The molecule has 0 spiro atoms. The summed E-state index contributed by atoms with van der Waals surface area (Å²) in [5.74, 6) is 0. The van der Waals surface area contributed by atoms with Gasteiger partial charge in [-0.3, -0.25) is 0 Å². The molecule has 1 nitrogen and oxygen atoms in total. The van der Waals surface area contributed by atoms with Gasteiger partial charge in [0.2, 0.25) is 0 Å². The van der Waals surface area contributed by atoms with Crippen LogP contribution in [-0.4, -0.2) is 4.98 Å². The lowest BCUT2D eigenvalue weighted by molar-refractivity contribution is 1.34. The second-order valence-electron chi connectivity index (χ2n) is 2.48. The number of pyridine rings is 1. The summed E-state index contributed by atoms with van der Waals surface area (Å²) in [6.45, 7) is 1.87. The smallest absolute Gasteiger partial charge is 0.134 e. The number of aromatic nitrogens is 1. The largest absolute Gasteiger partial charge is 0.235 e. The molecule has 2 rings (SSSR count). The highest BCUT2D eigenvalue weighted by atomic mass is 35.5. The van der Waals surface area contributed by atoms with Gasteiger partial charge in [0.1, 0.15) is 5.15 Å². The number of nitrogens with zero attached hydrogens (tertiary/aromatic N) is 1. The van der Waals surface area contributed by atoms with E-state index in [9.17, 15) is 0 Å². The minimum Gasteiger partial charge on any atom is -0.235 e. The predicted molar refractivity (Wildman–Crippen MR) is 54.4 cm³/mol. The van der Waals surface area contributed by atoms with Gasteiger partial charge in [0.15, 0.2) is 0 Å². The Balaban J connectivity index is 2.94. The molecule has 0 saturated heterocycles. The first kappa shape index (κ1) is 8.30. The highest BCUT2D eigenvalue weighted by molar-refractivity contribution is 7.17. The number of thiophene rings is 1. The standard InChI is InChI=1S/C8H5Cl2NS/c1-4-6(9)7-5(2-3-12-7)11-8(4)10/h2-3H,1H3. The summed E-state index contributed by atoms with van der Waals surface area (Å²) in [4.78, 5) is 4.19. The molecule has 0 saturated carbocycles. The van der Waals surface area contributed by atoms with Gasteiger partial charge in [-0.15, -0.1) is 11.3 Å². The van der Waals surface area contributed by atoms with Crippen molar-refractivity contribution in [3.63, 3.8) is 0 Å². The molecule has 0 N–H and O–H groups in total. The van der Waals surface area contributed by atoms with E-state index in [0.717, 1.165) is 20.8 Å². The van der Waals surface area contributed by atoms with Crippen LogP contribution in [0.3, 0.4) is 0 Å². The summed E-state index contributed by atoms with van der Waals surface area (Å²) in [7, 11) is 0. The second-order valence-corrected chi connectivity index (χ2v) is 4.13. The van der Waals surface area contributed by atoms with Gasteiger partial charge in [-0.2, -0.15) is 0 Å². The van der Waals surface area contributed by atoms with Gasteiger partial charge < -0.3 is 0 Å². The molecule has 4 heteroatoms. The maximum absolute atomic E-state index is 6.06. The van der Waals surface area contributed by atoms with Crippen LogP contribution in [0, 0.1) is 6.92 Å². The van der Waals surface area contributed by atoms with Crippen molar-refractivity contribution in [2.45, 2.75) is 6.92 Å². The molecular weight excluding hydrogens is 213 g/mol. The summed E-state index contributed by atoms with van der Waals surface area (Å²) in [5, 5.41) is 3.17. The maximum atomic E-state index is 6.06. The van der Waals surface area contributed by atoms with E-state index in [1.54, 1.807) is 11.3 Å². The van der Waals surface area contributed by atoms with Crippen LogP contribution in [0.1, 0.15) is 5.56 Å². The molecule has 2 aromatic rings. The Kier molecular flexibility index (Phi) is 1.99. The van der Waals surface area contributed by atoms with Gasteiger partial charge in [-0.25, -0.2) is 4.98 Å². The van der Waals surface area contributed by atoms with E-state index >= 15 is 0 Å². The zero-order valence-corrected chi connectivity index (χ0v) is 8.59. The van der Waals surface area contributed by atoms with Crippen molar-refractivity contribution in [2.75, 3.05) is 0 Å². The first-order valence-corrected chi connectivity index (χ1v) is 5.02.